The van der Waals surface area contributed by atoms with Gasteiger partial charge in [-0.3, -0.25) is 0 Å². The van der Waals surface area contributed by atoms with Crippen molar-refractivity contribution in [2.45, 2.75) is 13.0 Å². The fraction of sp³-hybridized carbons (Fsp3) is 0.636. The first-order valence-corrected chi connectivity index (χ1v) is 5.44. The van der Waals surface area contributed by atoms with Crippen molar-refractivity contribution in [1.82, 2.24) is 14.9 Å². The van der Waals surface area contributed by atoms with Gasteiger partial charge in [0.25, 0.3) is 0 Å². The monoisotopic (exact) mass is 223 g/mol. The van der Waals surface area contributed by atoms with Crippen molar-refractivity contribution in [3.8, 4) is 5.88 Å². The third-order valence-corrected chi connectivity index (χ3v) is 2.68. The smallest absolute Gasteiger partial charge is 0.220 e. The van der Waals surface area contributed by atoms with Crippen LogP contribution >= 0.6 is 0 Å². The standard InChI is InChI=1S/C11H17N3O2/c1-14-4-3-9-10(7-14)12-8-13-11(9)16-6-5-15-2/h8H,3-7H2,1-2H3. The Balaban J connectivity index is 2.10. The van der Waals surface area contributed by atoms with Crippen LogP contribution < -0.4 is 4.74 Å². The van der Waals surface area contributed by atoms with E-state index in [2.05, 4.69) is 21.9 Å². The zero-order valence-corrected chi connectivity index (χ0v) is 9.77. The van der Waals surface area contributed by atoms with Gasteiger partial charge in [-0.1, -0.05) is 0 Å². The third kappa shape index (κ3) is 2.48. The molecule has 0 aliphatic carbocycles. The number of methoxy groups -OCH3 is 1. The van der Waals surface area contributed by atoms with Crippen molar-refractivity contribution in [3.05, 3.63) is 17.6 Å². The summed E-state index contributed by atoms with van der Waals surface area (Å²) in [6, 6.07) is 0. The fourth-order valence-electron chi connectivity index (χ4n) is 1.80. The second kappa shape index (κ2) is 5.23. The van der Waals surface area contributed by atoms with Crippen LogP contribution in [0.15, 0.2) is 6.33 Å². The molecule has 0 unspecified atom stereocenters. The van der Waals surface area contributed by atoms with Gasteiger partial charge >= 0.3 is 0 Å². The van der Waals surface area contributed by atoms with E-state index in [0.29, 0.717) is 13.2 Å². The molecule has 16 heavy (non-hydrogen) atoms. The van der Waals surface area contributed by atoms with Crippen molar-refractivity contribution >= 4 is 0 Å². The minimum absolute atomic E-state index is 0.537. The summed E-state index contributed by atoms with van der Waals surface area (Å²) in [5, 5.41) is 0. The summed E-state index contributed by atoms with van der Waals surface area (Å²) in [6.45, 7) is 3.02. The van der Waals surface area contributed by atoms with Crippen LogP contribution in [0.1, 0.15) is 11.3 Å². The Hall–Kier alpha value is -1.20. The lowest BCUT2D eigenvalue weighted by Crippen LogP contribution is -2.28. The molecule has 1 aliphatic rings. The zero-order valence-electron chi connectivity index (χ0n) is 9.77. The highest BCUT2D eigenvalue weighted by Crippen LogP contribution is 2.23. The van der Waals surface area contributed by atoms with E-state index in [0.717, 1.165) is 36.6 Å². The molecule has 0 amide bonds. The van der Waals surface area contributed by atoms with Crippen molar-refractivity contribution in [2.24, 2.45) is 0 Å². The van der Waals surface area contributed by atoms with Crippen molar-refractivity contribution in [2.75, 3.05) is 33.9 Å². The van der Waals surface area contributed by atoms with Gasteiger partial charge in [0.15, 0.2) is 0 Å². The molecule has 2 heterocycles. The van der Waals surface area contributed by atoms with Crippen LogP contribution in [0.5, 0.6) is 5.88 Å². The molecule has 5 heteroatoms. The molecule has 0 fully saturated rings. The number of hydrogen-bond acceptors (Lipinski definition) is 5. The molecular weight excluding hydrogens is 206 g/mol. The molecule has 0 saturated carbocycles. The van der Waals surface area contributed by atoms with Gasteiger partial charge < -0.3 is 14.4 Å². The first kappa shape index (κ1) is 11.3. The third-order valence-electron chi connectivity index (χ3n) is 2.68. The lowest BCUT2D eigenvalue weighted by Gasteiger charge is -2.24. The average molecular weight is 223 g/mol. The minimum Gasteiger partial charge on any atom is -0.475 e. The highest BCUT2D eigenvalue weighted by atomic mass is 16.5. The Morgan fingerprint density at radius 3 is 3.06 bits per heavy atom. The predicted molar refractivity (Wildman–Crippen MR) is 59.4 cm³/mol. The normalized spacial score (nSPS) is 15.9. The Bertz CT molecular complexity index is 357. The zero-order chi connectivity index (χ0) is 11.4. The first-order valence-electron chi connectivity index (χ1n) is 5.44. The molecule has 0 radical (unpaired) electrons. The van der Waals surface area contributed by atoms with E-state index in [1.165, 1.54) is 0 Å². The molecule has 2 rings (SSSR count). The van der Waals surface area contributed by atoms with E-state index in [-0.39, 0.29) is 0 Å². The highest BCUT2D eigenvalue weighted by molar-refractivity contribution is 5.31. The molecule has 1 aromatic heterocycles. The van der Waals surface area contributed by atoms with E-state index in [4.69, 9.17) is 9.47 Å². The van der Waals surface area contributed by atoms with E-state index < -0.39 is 0 Å². The molecule has 5 nitrogen and oxygen atoms in total. The minimum atomic E-state index is 0.537. The second-order valence-corrected chi connectivity index (χ2v) is 3.93. The topological polar surface area (TPSA) is 47.5 Å². The van der Waals surface area contributed by atoms with E-state index in [9.17, 15) is 0 Å². The van der Waals surface area contributed by atoms with Crippen LogP contribution in [-0.4, -0.2) is 48.8 Å². The van der Waals surface area contributed by atoms with Crippen LogP contribution in [0.25, 0.3) is 0 Å². The molecule has 88 valence electrons. The van der Waals surface area contributed by atoms with Gasteiger partial charge in [-0.2, -0.15) is 0 Å². The Morgan fingerprint density at radius 1 is 1.38 bits per heavy atom. The van der Waals surface area contributed by atoms with E-state index in [1.807, 2.05) is 0 Å². The summed E-state index contributed by atoms with van der Waals surface area (Å²) in [5.41, 5.74) is 2.23. The summed E-state index contributed by atoms with van der Waals surface area (Å²) in [6.07, 6.45) is 2.52. The van der Waals surface area contributed by atoms with Gasteiger partial charge in [-0.25, -0.2) is 9.97 Å². The summed E-state index contributed by atoms with van der Waals surface area (Å²) in [4.78, 5) is 10.7. The maximum Gasteiger partial charge on any atom is 0.220 e. The predicted octanol–water partition coefficient (Wildman–Crippen LogP) is 0.490. The van der Waals surface area contributed by atoms with Crippen LogP contribution in [0, 0.1) is 0 Å². The summed E-state index contributed by atoms with van der Waals surface area (Å²) in [5.74, 6) is 0.718. The maximum atomic E-state index is 5.59. The number of rotatable bonds is 4. The SMILES string of the molecule is COCCOc1ncnc2c1CCN(C)C2. The molecule has 1 aliphatic heterocycles. The fourth-order valence-corrected chi connectivity index (χ4v) is 1.80. The number of hydrogen-bond donors (Lipinski definition) is 0. The molecule has 0 atom stereocenters. The van der Waals surface area contributed by atoms with Gasteiger partial charge in [0.2, 0.25) is 5.88 Å². The summed E-state index contributed by atoms with van der Waals surface area (Å²) < 4.78 is 10.5. The highest BCUT2D eigenvalue weighted by Gasteiger charge is 2.19. The molecule has 0 aromatic carbocycles. The van der Waals surface area contributed by atoms with Gasteiger partial charge in [0.05, 0.1) is 12.3 Å². The lowest BCUT2D eigenvalue weighted by molar-refractivity contribution is 0.142. The quantitative estimate of drug-likeness (QED) is 0.695. The van der Waals surface area contributed by atoms with Crippen LogP contribution in [0.4, 0.5) is 0 Å². The average Bonchev–Trinajstić information content (AvgIpc) is 2.29. The molecule has 0 bridgehead atoms. The number of likely N-dealkylation sites (N-methyl/N-ethyl adjacent to an activating group) is 1. The van der Waals surface area contributed by atoms with Gasteiger partial charge in [0, 0.05) is 25.8 Å². The van der Waals surface area contributed by atoms with Crippen LogP contribution in [0.3, 0.4) is 0 Å². The number of nitrogens with zero attached hydrogens (tertiary/aromatic N) is 3. The van der Waals surface area contributed by atoms with Crippen molar-refractivity contribution in [3.63, 3.8) is 0 Å². The molecule has 0 spiro atoms. The van der Waals surface area contributed by atoms with Crippen molar-refractivity contribution < 1.29 is 9.47 Å². The second-order valence-electron chi connectivity index (χ2n) is 3.93. The Morgan fingerprint density at radius 2 is 2.25 bits per heavy atom. The maximum absolute atomic E-state index is 5.59. The molecule has 0 N–H and O–H groups in total. The largest absolute Gasteiger partial charge is 0.475 e. The molecule has 1 aromatic rings. The van der Waals surface area contributed by atoms with Crippen LogP contribution in [-0.2, 0) is 17.7 Å². The van der Waals surface area contributed by atoms with E-state index in [1.54, 1.807) is 13.4 Å². The Kier molecular flexibility index (Phi) is 3.69. The van der Waals surface area contributed by atoms with Gasteiger partial charge in [-0.05, 0) is 13.5 Å². The number of ether oxygens (including phenoxy) is 2. The first-order chi connectivity index (χ1) is 7.81. The summed E-state index contributed by atoms with van der Waals surface area (Å²) in [7, 11) is 3.75. The lowest BCUT2D eigenvalue weighted by atomic mass is 10.1. The Labute approximate surface area is 95.4 Å². The van der Waals surface area contributed by atoms with Gasteiger partial charge in [-0.15, -0.1) is 0 Å². The van der Waals surface area contributed by atoms with E-state index >= 15 is 0 Å². The van der Waals surface area contributed by atoms with Gasteiger partial charge in [0.1, 0.15) is 12.9 Å². The summed E-state index contributed by atoms with van der Waals surface area (Å²) >= 11 is 0. The number of aromatic nitrogens is 2. The van der Waals surface area contributed by atoms with Crippen LogP contribution in [0.2, 0.25) is 0 Å². The van der Waals surface area contributed by atoms with Crippen molar-refractivity contribution in [1.29, 1.82) is 0 Å². The molecule has 0 saturated heterocycles. The molecular formula is C11H17N3O2. The number of fused-ring (bicyclic) bond motifs is 1.